The summed E-state index contributed by atoms with van der Waals surface area (Å²) in [5.74, 6) is -0.412. The van der Waals surface area contributed by atoms with Crippen LogP contribution >= 0.6 is 0 Å². The Balaban J connectivity index is 2.61. The van der Waals surface area contributed by atoms with Crippen LogP contribution in [0.1, 0.15) is 46.0 Å². The van der Waals surface area contributed by atoms with E-state index < -0.39 is 16.2 Å². The van der Waals surface area contributed by atoms with Crippen molar-refractivity contribution in [1.82, 2.24) is 9.03 Å². The summed E-state index contributed by atoms with van der Waals surface area (Å²) in [7, 11) is -0.795. The molecule has 1 saturated carbocycles. The largest absolute Gasteiger partial charge is 0.469 e. The number of carbonyl (C=O) groups excluding carboxylic acids is 1. The summed E-state index contributed by atoms with van der Waals surface area (Å²) in [6.07, 6.45) is 4.12. The molecule has 118 valence electrons. The molecule has 6 nitrogen and oxygen atoms in total. The van der Waals surface area contributed by atoms with Gasteiger partial charge in [0.05, 0.1) is 13.5 Å². The molecule has 7 heteroatoms. The standard InChI is InChI=1S/C13H26N2O4S/c1-13(2)9-6-5-7-11(13)14-20(17,18)15(3)10-8-12(16)19-4/h11,14H,5-10H2,1-4H3. The third kappa shape index (κ3) is 4.71. The van der Waals surface area contributed by atoms with Crippen molar-refractivity contribution in [3.8, 4) is 0 Å². The Labute approximate surface area is 122 Å². The lowest BCUT2D eigenvalue weighted by Crippen LogP contribution is -2.51. The molecule has 0 radical (unpaired) electrons. The SMILES string of the molecule is COC(=O)CCN(C)S(=O)(=O)NC1CCCCC1(C)C. The molecule has 1 unspecified atom stereocenters. The van der Waals surface area contributed by atoms with Crippen LogP contribution in [-0.2, 0) is 19.7 Å². The maximum absolute atomic E-state index is 12.3. The van der Waals surface area contributed by atoms with E-state index in [0.717, 1.165) is 25.7 Å². The summed E-state index contributed by atoms with van der Waals surface area (Å²) in [6.45, 7) is 4.30. The van der Waals surface area contributed by atoms with Gasteiger partial charge in [-0.25, -0.2) is 0 Å². The quantitative estimate of drug-likeness (QED) is 0.750. The normalized spacial score (nSPS) is 22.8. The smallest absolute Gasteiger partial charge is 0.306 e. The van der Waals surface area contributed by atoms with Gasteiger partial charge >= 0.3 is 5.97 Å². The zero-order valence-electron chi connectivity index (χ0n) is 12.8. The van der Waals surface area contributed by atoms with Gasteiger partial charge in [-0.2, -0.15) is 17.4 Å². The number of nitrogens with zero attached hydrogens (tertiary/aromatic N) is 1. The second kappa shape index (κ2) is 6.87. The predicted molar refractivity (Wildman–Crippen MR) is 77.4 cm³/mol. The molecular formula is C13H26N2O4S. The first kappa shape index (κ1) is 17.4. The monoisotopic (exact) mass is 306 g/mol. The Bertz CT molecular complexity index is 434. The minimum Gasteiger partial charge on any atom is -0.469 e. The summed E-state index contributed by atoms with van der Waals surface area (Å²) in [6, 6.07) is -0.0539. The Kier molecular flexibility index (Phi) is 5.97. The van der Waals surface area contributed by atoms with Crippen molar-refractivity contribution in [2.75, 3.05) is 20.7 Å². The van der Waals surface area contributed by atoms with Gasteiger partial charge in [0.25, 0.3) is 10.2 Å². The van der Waals surface area contributed by atoms with E-state index >= 15 is 0 Å². The highest BCUT2D eigenvalue weighted by atomic mass is 32.2. The van der Waals surface area contributed by atoms with Crippen LogP contribution < -0.4 is 4.72 Å². The van der Waals surface area contributed by atoms with Crippen LogP contribution in [0.3, 0.4) is 0 Å². The van der Waals surface area contributed by atoms with Crippen molar-refractivity contribution in [2.45, 2.75) is 52.0 Å². The highest BCUT2D eigenvalue weighted by Gasteiger charge is 2.35. The van der Waals surface area contributed by atoms with Crippen LogP contribution in [0.25, 0.3) is 0 Å². The first-order valence-electron chi connectivity index (χ1n) is 6.99. The van der Waals surface area contributed by atoms with Crippen LogP contribution in [0.2, 0.25) is 0 Å². The number of nitrogens with one attached hydrogen (secondary N) is 1. The van der Waals surface area contributed by atoms with Gasteiger partial charge in [0, 0.05) is 19.6 Å². The number of hydrogen-bond acceptors (Lipinski definition) is 4. The van der Waals surface area contributed by atoms with Crippen molar-refractivity contribution >= 4 is 16.2 Å². The number of ether oxygens (including phenoxy) is 1. The summed E-state index contributed by atoms with van der Waals surface area (Å²) in [5.41, 5.74) is -0.0332. The number of carbonyl (C=O) groups is 1. The number of rotatable bonds is 6. The lowest BCUT2D eigenvalue weighted by molar-refractivity contribution is -0.140. The number of esters is 1. The molecule has 0 aromatic heterocycles. The van der Waals surface area contributed by atoms with Gasteiger partial charge in [-0.1, -0.05) is 26.7 Å². The van der Waals surface area contributed by atoms with E-state index in [9.17, 15) is 13.2 Å². The maximum atomic E-state index is 12.3. The minimum atomic E-state index is -3.56. The van der Waals surface area contributed by atoms with Gasteiger partial charge in [0.15, 0.2) is 0 Å². The molecule has 0 aromatic carbocycles. The van der Waals surface area contributed by atoms with Crippen molar-refractivity contribution in [3.05, 3.63) is 0 Å². The minimum absolute atomic E-state index is 0.0332. The molecule has 1 atom stereocenters. The number of methoxy groups -OCH3 is 1. The van der Waals surface area contributed by atoms with Crippen molar-refractivity contribution in [3.63, 3.8) is 0 Å². The average Bonchev–Trinajstić information content (AvgIpc) is 2.37. The van der Waals surface area contributed by atoms with Crippen LogP contribution in [0.4, 0.5) is 0 Å². The average molecular weight is 306 g/mol. The Morgan fingerprint density at radius 3 is 2.60 bits per heavy atom. The van der Waals surface area contributed by atoms with Gasteiger partial charge in [-0.05, 0) is 18.3 Å². The van der Waals surface area contributed by atoms with Gasteiger partial charge in [0.2, 0.25) is 0 Å². The van der Waals surface area contributed by atoms with Gasteiger partial charge in [-0.3, -0.25) is 4.79 Å². The second-order valence-electron chi connectivity index (χ2n) is 6.06. The molecule has 0 heterocycles. The Morgan fingerprint density at radius 2 is 2.05 bits per heavy atom. The lowest BCUT2D eigenvalue weighted by Gasteiger charge is -2.39. The van der Waals surface area contributed by atoms with E-state index in [4.69, 9.17) is 0 Å². The highest BCUT2D eigenvalue weighted by molar-refractivity contribution is 7.87. The van der Waals surface area contributed by atoms with E-state index in [2.05, 4.69) is 23.3 Å². The molecule has 1 rings (SSSR count). The molecule has 0 spiro atoms. The molecule has 0 amide bonds. The predicted octanol–water partition coefficient (Wildman–Crippen LogP) is 1.28. The molecule has 0 aromatic rings. The summed E-state index contributed by atoms with van der Waals surface area (Å²) >= 11 is 0. The van der Waals surface area contributed by atoms with Crippen molar-refractivity contribution in [2.24, 2.45) is 5.41 Å². The van der Waals surface area contributed by atoms with Crippen molar-refractivity contribution in [1.29, 1.82) is 0 Å². The molecule has 1 N–H and O–H groups in total. The van der Waals surface area contributed by atoms with Gasteiger partial charge < -0.3 is 4.74 Å². The topological polar surface area (TPSA) is 75.7 Å². The molecule has 0 saturated heterocycles. The second-order valence-corrected chi connectivity index (χ2v) is 7.87. The van der Waals surface area contributed by atoms with E-state index in [1.807, 2.05) is 0 Å². The third-order valence-corrected chi connectivity index (χ3v) is 5.65. The van der Waals surface area contributed by atoms with Crippen LogP contribution in [0, 0.1) is 5.41 Å². The zero-order chi connectivity index (χ0) is 15.4. The molecule has 1 aliphatic rings. The zero-order valence-corrected chi connectivity index (χ0v) is 13.6. The van der Waals surface area contributed by atoms with E-state index in [0.29, 0.717) is 0 Å². The van der Waals surface area contributed by atoms with Crippen LogP contribution in [-0.4, -0.2) is 45.4 Å². The van der Waals surface area contributed by atoms with E-state index in [-0.39, 0.29) is 24.4 Å². The van der Waals surface area contributed by atoms with E-state index in [1.165, 1.54) is 18.5 Å². The molecule has 1 aliphatic carbocycles. The fourth-order valence-corrected chi connectivity index (χ4v) is 3.76. The third-order valence-electron chi connectivity index (χ3n) is 4.07. The molecule has 0 bridgehead atoms. The van der Waals surface area contributed by atoms with Gasteiger partial charge in [0.1, 0.15) is 0 Å². The first-order chi connectivity index (χ1) is 9.19. The first-order valence-corrected chi connectivity index (χ1v) is 8.43. The summed E-state index contributed by atoms with van der Waals surface area (Å²) in [4.78, 5) is 11.1. The van der Waals surface area contributed by atoms with E-state index in [1.54, 1.807) is 0 Å². The summed E-state index contributed by atoms with van der Waals surface area (Å²) < 4.78 is 33.0. The lowest BCUT2D eigenvalue weighted by atomic mass is 9.74. The molecule has 20 heavy (non-hydrogen) atoms. The number of hydrogen-bond donors (Lipinski definition) is 1. The molecule has 1 fully saturated rings. The fraction of sp³-hybridized carbons (Fsp3) is 0.923. The Hall–Kier alpha value is -0.660. The fourth-order valence-electron chi connectivity index (χ4n) is 2.45. The summed E-state index contributed by atoms with van der Waals surface area (Å²) in [5, 5.41) is 0. The van der Waals surface area contributed by atoms with Gasteiger partial charge in [-0.15, -0.1) is 0 Å². The van der Waals surface area contributed by atoms with Crippen LogP contribution in [0.15, 0.2) is 0 Å². The Morgan fingerprint density at radius 1 is 1.40 bits per heavy atom. The highest BCUT2D eigenvalue weighted by Crippen LogP contribution is 2.35. The molecule has 0 aliphatic heterocycles. The maximum Gasteiger partial charge on any atom is 0.306 e. The molecular weight excluding hydrogens is 280 g/mol. The van der Waals surface area contributed by atoms with Crippen molar-refractivity contribution < 1.29 is 17.9 Å². The van der Waals surface area contributed by atoms with Crippen LogP contribution in [0.5, 0.6) is 0 Å².